The Hall–Kier alpha value is -4.85. The van der Waals surface area contributed by atoms with Crippen LogP contribution in [-0.2, 0) is 11.3 Å². The van der Waals surface area contributed by atoms with Gasteiger partial charge in [0.05, 0.1) is 17.2 Å². The molecule has 3 heterocycles. The number of amides is 1. The minimum atomic E-state index is -0.534. The molecule has 7 nitrogen and oxygen atoms in total. The summed E-state index contributed by atoms with van der Waals surface area (Å²) in [6, 6.07) is 19.5. The molecule has 35 heavy (non-hydrogen) atoms. The van der Waals surface area contributed by atoms with Crippen LogP contribution in [0.25, 0.3) is 22.9 Å². The Labute approximate surface area is 200 Å². The first-order valence-electron chi connectivity index (χ1n) is 10.9. The molecule has 0 radical (unpaired) electrons. The number of hydrogen-bond acceptors (Lipinski definition) is 5. The van der Waals surface area contributed by atoms with Crippen LogP contribution in [0.3, 0.4) is 0 Å². The number of aromatic nitrogens is 4. The normalized spacial score (nSPS) is 11.1. The van der Waals surface area contributed by atoms with Gasteiger partial charge in [0.1, 0.15) is 17.9 Å². The van der Waals surface area contributed by atoms with E-state index in [0.29, 0.717) is 17.9 Å². The first-order valence-corrected chi connectivity index (χ1v) is 10.9. The molecule has 2 aromatic carbocycles. The molecule has 0 spiro atoms. The van der Waals surface area contributed by atoms with Gasteiger partial charge in [-0.15, -0.1) is 0 Å². The third kappa shape index (κ3) is 5.22. The fraction of sp³-hybridized carbons (Fsp3) is 0.0370. The number of para-hydroxylation sites is 2. The minimum Gasteiger partial charge on any atom is -0.453 e. The summed E-state index contributed by atoms with van der Waals surface area (Å²) < 4.78 is 21.7. The number of imidazole rings is 1. The summed E-state index contributed by atoms with van der Waals surface area (Å²) in [4.78, 5) is 25.0. The van der Waals surface area contributed by atoms with E-state index in [4.69, 9.17) is 4.74 Å². The Balaban J connectivity index is 1.17. The molecule has 0 saturated heterocycles. The van der Waals surface area contributed by atoms with Crippen LogP contribution in [0.2, 0.25) is 0 Å². The van der Waals surface area contributed by atoms with Crippen LogP contribution >= 0.6 is 0 Å². The van der Waals surface area contributed by atoms with E-state index in [1.807, 2.05) is 41.0 Å². The van der Waals surface area contributed by atoms with Crippen molar-refractivity contribution < 1.29 is 13.9 Å². The van der Waals surface area contributed by atoms with E-state index in [2.05, 4.69) is 20.3 Å². The lowest BCUT2D eigenvalue weighted by molar-refractivity contribution is -0.116. The highest BCUT2D eigenvalue weighted by molar-refractivity contribution is 5.91. The summed E-state index contributed by atoms with van der Waals surface area (Å²) in [6.07, 6.45) is 9.45. The van der Waals surface area contributed by atoms with Crippen molar-refractivity contribution in [3.05, 3.63) is 115 Å². The van der Waals surface area contributed by atoms with E-state index in [1.165, 1.54) is 30.5 Å². The highest BCUT2D eigenvalue weighted by atomic mass is 19.1. The third-order valence-corrected chi connectivity index (χ3v) is 5.22. The molecule has 0 aliphatic heterocycles. The van der Waals surface area contributed by atoms with Crippen LogP contribution in [-0.4, -0.2) is 25.4 Å². The SMILES string of the molecule is O=C(/C=C/c1ccc(Oc2cccnc2)c(F)c1)NCc1ccc(-n2cnc3ccccc32)nc1. The molecule has 0 unspecified atom stereocenters. The van der Waals surface area contributed by atoms with Crippen molar-refractivity contribution in [2.24, 2.45) is 0 Å². The molecule has 0 saturated carbocycles. The smallest absolute Gasteiger partial charge is 0.244 e. The van der Waals surface area contributed by atoms with E-state index < -0.39 is 5.82 Å². The Morgan fingerprint density at radius 3 is 2.74 bits per heavy atom. The highest BCUT2D eigenvalue weighted by Crippen LogP contribution is 2.25. The molecule has 0 atom stereocenters. The maximum atomic E-state index is 14.4. The second-order valence-electron chi connectivity index (χ2n) is 7.66. The molecular formula is C27H20FN5O2. The van der Waals surface area contributed by atoms with Gasteiger partial charge in [-0.25, -0.2) is 14.4 Å². The lowest BCUT2D eigenvalue weighted by atomic mass is 10.2. The number of benzene rings is 2. The largest absolute Gasteiger partial charge is 0.453 e. The molecule has 0 bridgehead atoms. The first-order chi connectivity index (χ1) is 17.2. The van der Waals surface area contributed by atoms with E-state index in [9.17, 15) is 9.18 Å². The molecular weight excluding hydrogens is 445 g/mol. The van der Waals surface area contributed by atoms with Gasteiger partial charge in [-0.1, -0.05) is 24.3 Å². The summed E-state index contributed by atoms with van der Waals surface area (Å²) in [5, 5.41) is 2.80. The van der Waals surface area contributed by atoms with Crippen molar-refractivity contribution in [1.82, 2.24) is 24.8 Å². The molecule has 1 amide bonds. The monoisotopic (exact) mass is 465 g/mol. The van der Waals surface area contributed by atoms with Crippen LogP contribution in [0.15, 0.2) is 97.7 Å². The molecule has 0 aliphatic rings. The summed E-state index contributed by atoms with van der Waals surface area (Å²) in [5.74, 6) is 0.430. The molecule has 0 fully saturated rings. The number of pyridine rings is 2. The number of nitrogens with zero attached hydrogens (tertiary/aromatic N) is 4. The predicted octanol–water partition coefficient (Wildman–Crippen LogP) is 5.08. The van der Waals surface area contributed by atoms with Crippen molar-refractivity contribution in [1.29, 1.82) is 0 Å². The molecule has 172 valence electrons. The zero-order valence-corrected chi connectivity index (χ0v) is 18.5. The maximum absolute atomic E-state index is 14.4. The van der Waals surface area contributed by atoms with Crippen LogP contribution in [0, 0.1) is 5.82 Å². The fourth-order valence-electron chi connectivity index (χ4n) is 3.46. The highest BCUT2D eigenvalue weighted by Gasteiger charge is 2.07. The zero-order valence-electron chi connectivity index (χ0n) is 18.5. The maximum Gasteiger partial charge on any atom is 0.244 e. The minimum absolute atomic E-state index is 0.0826. The van der Waals surface area contributed by atoms with Crippen LogP contribution in [0.4, 0.5) is 4.39 Å². The molecule has 5 rings (SSSR count). The number of hydrogen-bond donors (Lipinski definition) is 1. The second kappa shape index (κ2) is 9.96. The second-order valence-corrected chi connectivity index (χ2v) is 7.66. The number of carbonyl (C=O) groups excluding carboxylic acids is 1. The lowest BCUT2D eigenvalue weighted by Crippen LogP contribution is -2.20. The molecule has 8 heteroatoms. The number of carbonyl (C=O) groups is 1. The lowest BCUT2D eigenvalue weighted by Gasteiger charge is -2.07. The Morgan fingerprint density at radius 1 is 1.03 bits per heavy atom. The van der Waals surface area contributed by atoms with Gasteiger partial charge in [-0.3, -0.25) is 14.3 Å². The van der Waals surface area contributed by atoms with E-state index >= 15 is 0 Å². The Bertz CT molecular complexity index is 1500. The van der Waals surface area contributed by atoms with Crippen LogP contribution in [0.1, 0.15) is 11.1 Å². The summed E-state index contributed by atoms with van der Waals surface area (Å²) in [7, 11) is 0. The quantitative estimate of drug-likeness (QED) is 0.339. The molecule has 0 aliphatic carbocycles. The predicted molar refractivity (Wildman–Crippen MR) is 130 cm³/mol. The van der Waals surface area contributed by atoms with Crippen LogP contribution in [0.5, 0.6) is 11.5 Å². The number of nitrogens with one attached hydrogen (secondary N) is 1. The number of ether oxygens (including phenoxy) is 1. The van der Waals surface area contributed by atoms with Crippen molar-refractivity contribution in [2.75, 3.05) is 0 Å². The zero-order chi connectivity index (χ0) is 24.0. The van der Waals surface area contributed by atoms with Gasteiger partial charge in [-0.05, 0) is 59.7 Å². The number of rotatable bonds is 7. The van der Waals surface area contributed by atoms with Gasteiger partial charge in [0.2, 0.25) is 5.91 Å². The van der Waals surface area contributed by atoms with Crippen molar-refractivity contribution in [3.8, 4) is 17.3 Å². The van der Waals surface area contributed by atoms with E-state index in [0.717, 1.165) is 22.4 Å². The molecule has 5 aromatic rings. The Morgan fingerprint density at radius 2 is 1.94 bits per heavy atom. The summed E-state index contributed by atoms with van der Waals surface area (Å²) >= 11 is 0. The van der Waals surface area contributed by atoms with Crippen molar-refractivity contribution in [2.45, 2.75) is 6.54 Å². The fourth-order valence-corrected chi connectivity index (χ4v) is 3.46. The van der Waals surface area contributed by atoms with Crippen molar-refractivity contribution >= 4 is 23.0 Å². The average molecular weight is 465 g/mol. The van der Waals surface area contributed by atoms with Gasteiger partial charge < -0.3 is 10.1 Å². The molecule has 1 N–H and O–H groups in total. The first kappa shape index (κ1) is 22.0. The van der Waals surface area contributed by atoms with Crippen LogP contribution < -0.4 is 10.1 Å². The standard InChI is InChI=1S/C27H20FN5O2/c28-22-14-19(7-10-25(22)35-21-4-3-13-29-17-21)9-12-27(34)31-16-20-8-11-26(30-15-20)33-18-32-23-5-1-2-6-24(23)33/h1-15,17-18H,16H2,(H,31,34)/b12-9+. The van der Waals surface area contributed by atoms with Gasteiger partial charge >= 0.3 is 0 Å². The number of fused-ring (bicyclic) bond motifs is 1. The van der Waals surface area contributed by atoms with Gasteiger partial charge in [-0.2, -0.15) is 0 Å². The number of halogens is 1. The van der Waals surface area contributed by atoms with Gasteiger partial charge in [0.15, 0.2) is 11.6 Å². The van der Waals surface area contributed by atoms with Gasteiger partial charge in [0, 0.05) is 25.0 Å². The topological polar surface area (TPSA) is 81.9 Å². The summed E-state index contributed by atoms with van der Waals surface area (Å²) in [5.41, 5.74) is 3.25. The molecule has 3 aromatic heterocycles. The average Bonchev–Trinajstić information content (AvgIpc) is 3.33. The Kier molecular flexibility index (Phi) is 6.25. The van der Waals surface area contributed by atoms with Gasteiger partial charge in [0.25, 0.3) is 0 Å². The summed E-state index contributed by atoms with van der Waals surface area (Å²) in [6.45, 7) is 0.313. The van der Waals surface area contributed by atoms with E-state index in [1.54, 1.807) is 36.9 Å². The van der Waals surface area contributed by atoms with E-state index in [-0.39, 0.29) is 11.7 Å². The van der Waals surface area contributed by atoms with Crippen molar-refractivity contribution in [3.63, 3.8) is 0 Å². The third-order valence-electron chi connectivity index (χ3n) is 5.22.